The summed E-state index contributed by atoms with van der Waals surface area (Å²) in [5.74, 6) is 0.696. The van der Waals surface area contributed by atoms with Gasteiger partial charge in [0.15, 0.2) is 0 Å². The summed E-state index contributed by atoms with van der Waals surface area (Å²) in [6.07, 6.45) is 1.10. The van der Waals surface area contributed by atoms with Gasteiger partial charge in [-0.1, -0.05) is 6.92 Å². The van der Waals surface area contributed by atoms with Gasteiger partial charge in [-0.05, 0) is 13.0 Å². The molecule has 1 aliphatic heterocycles. The second-order valence-corrected chi connectivity index (χ2v) is 4.06. The molecule has 1 heterocycles. The molecule has 1 atom stereocenters. The van der Waals surface area contributed by atoms with E-state index in [9.17, 15) is 0 Å². The fourth-order valence-electron chi connectivity index (χ4n) is 1.57. The zero-order chi connectivity index (χ0) is 8.32. The molecule has 1 fully saturated rings. The maximum atomic E-state index is 9.05. The first-order valence-corrected chi connectivity index (χ1v) is 4.63. The highest BCUT2D eigenvalue weighted by molar-refractivity contribution is 6.18. The van der Waals surface area contributed by atoms with Crippen LogP contribution in [0.3, 0.4) is 0 Å². The monoisotopic (exact) mass is 177 g/mol. The molecule has 0 aromatic rings. The van der Waals surface area contributed by atoms with E-state index in [0.29, 0.717) is 12.5 Å². The van der Waals surface area contributed by atoms with E-state index in [0.717, 1.165) is 26.1 Å². The van der Waals surface area contributed by atoms with E-state index in [1.807, 2.05) is 0 Å². The number of likely N-dealkylation sites (tertiary alicyclic amines) is 1. The number of halogens is 1. The van der Waals surface area contributed by atoms with Crippen molar-refractivity contribution in [3.8, 4) is 0 Å². The molecule has 3 heteroatoms. The molecule has 11 heavy (non-hydrogen) atoms. The lowest BCUT2D eigenvalue weighted by atomic mass is 9.91. The molecule has 0 saturated carbocycles. The van der Waals surface area contributed by atoms with Crippen LogP contribution < -0.4 is 0 Å². The van der Waals surface area contributed by atoms with Crippen LogP contribution in [0, 0.1) is 5.41 Å². The van der Waals surface area contributed by atoms with Crippen molar-refractivity contribution in [1.82, 2.24) is 4.90 Å². The standard InChI is InChI=1S/C8H16ClNO/c1-8(7-11)2-4-10(6-8)5-3-9/h11H,2-7H2,1H3. The van der Waals surface area contributed by atoms with Crippen LogP contribution in [-0.4, -0.2) is 42.1 Å². The lowest BCUT2D eigenvalue weighted by Crippen LogP contribution is -2.28. The first-order valence-electron chi connectivity index (χ1n) is 4.09. The molecule has 0 aromatic heterocycles. The van der Waals surface area contributed by atoms with Crippen molar-refractivity contribution in [3.63, 3.8) is 0 Å². The summed E-state index contributed by atoms with van der Waals surface area (Å²) < 4.78 is 0. The van der Waals surface area contributed by atoms with Crippen molar-refractivity contribution in [2.45, 2.75) is 13.3 Å². The summed E-state index contributed by atoms with van der Waals surface area (Å²) >= 11 is 5.61. The van der Waals surface area contributed by atoms with Gasteiger partial charge in [-0.2, -0.15) is 0 Å². The van der Waals surface area contributed by atoms with Gasteiger partial charge < -0.3 is 10.0 Å². The van der Waals surface area contributed by atoms with Gasteiger partial charge in [0.2, 0.25) is 0 Å². The molecule has 1 saturated heterocycles. The quantitative estimate of drug-likeness (QED) is 0.649. The normalized spacial score (nSPS) is 33.0. The Morgan fingerprint density at radius 3 is 2.82 bits per heavy atom. The molecule has 1 N–H and O–H groups in total. The molecule has 0 bridgehead atoms. The molecule has 2 nitrogen and oxygen atoms in total. The van der Waals surface area contributed by atoms with E-state index < -0.39 is 0 Å². The average molecular weight is 178 g/mol. The van der Waals surface area contributed by atoms with Gasteiger partial charge in [-0.15, -0.1) is 11.6 Å². The smallest absolute Gasteiger partial charge is 0.0497 e. The summed E-state index contributed by atoms with van der Waals surface area (Å²) in [6.45, 7) is 5.46. The molecule has 0 spiro atoms. The molecular weight excluding hydrogens is 162 g/mol. The number of nitrogens with zero attached hydrogens (tertiary/aromatic N) is 1. The van der Waals surface area contributed by atoms with Crippen LogP contribution in [0.5, 0.6) is 0 Å². The molecule has 1 aliphatic rings. The van der Waals surface area contributed by atoms with Gasteiger partial charge in [-0.25, -0.2) is 0 Å². The maximum absolute atomic E-state index is 9.05. The van der Waals surface area contributed by atoms with Crippen molar-refractivity contribution >= 4 is 11.6 Å². The highest BCUT2D eigenvalue weighted by Crippen LogP contribution is 2.28. The summed E-state index contributed by atoms with van der Waals surface area (Å²) in [5, 5.41) is 9.05. The van der Waals surface area contributed by atoms with E-state index in [1.165, 1.54) is 0 Å². The Morgan fingerprint density at radius 2 is 2.36 bits per heavy atom. The largest absolute Gasteiger partial charge is 0.396 e. The van der Waals surface area contributed by atoms with Gasteiger partial charge >= 0.3 is 0 Å². The van der Waals surface area contributed by atoms with Gasteiger partial charge in [0.05, 0.1) is 0 Å². The Morgan fingerprint density at radius 1 is 1.64 bits per heavy atom. The summed E-state index contributed by atoms with van der Waals surface area (Å²) in [4.78, 5) is 2.31. The SMILES string of the molecule is CC1(CO)CCN(CCCl)C1. The molecule has 0 aliphatic carbocycles. The Bertz CT molecular complexity index is 131. The van der Waals surface area contributed by atoms with Crippen LogP contribution in [-0.2, 0) is 0 Å². The summed E-state index contributed by atoms with van der Waals surface area (Å²) in [5.41, 5.74) is 0.131. The van der Waals surface area contributed by atoms with E-state index in [4.69, 9.17) is 16.7 Å². The number of hydrogen-bond donors (Lipinski definition) is 1. The van der Waals surface area contributed by atoms with Crippen LogP contribution in [0.25, 0.3) is 0 Å². The highest BCUT2D eigenvalue weighted by atomic mass is 35.5. The van der Waals surface area contributed by atoms with Crippen LogP contribution in [0.1, 0.15) is 13.3 Å². The van der Waals surface area contributed by atoms with Gasteiger partial charge in [0, 0.05) is 31.0 Å². The number of rotatable bonds is 3. The van der Waals surface area contributed by atoms with Gasteiger partial charge in [-0.3, -0.25) is 0 Å². The number of aliphatic hydroxyl groups is 1. The molecule has 0 radical (unpaired) electrons. The third kappa shape index (κ3) is 2.32. The lowest BCUT2D eigenvalue weighted by molar-refractivity contribution is 0.146. The summed E-state index contributed by atoms with van der Waals surface area (Å²) in [6, 6.07) is 0. The molecule has 0 amide bonds. The molecule has 0 aromatic carbocycles. The lowest BCUT2D eigenvalue weighted by Gasteiger charge is -2.21. The average Bonchev–Trinajstić information content (AvgIpc) is 2.35. The fourth-order valence-corrected chi connectivity index (χ4v) is 1.80. The Hall–Kier alpha value is 0.210. The summed E-state index contributed by atoms with van der Waals surface area (Å²) in [7, 11) is 0. The first-order chi connectivity index (χ1) is 5.20. The van der Waals surface area contributed by atoms with E-state index in [1.54, 1.807) is 0 Å². The van der Waals surface area contributed by atoms with Gasteiger partial charge in [0.25, 0.3) is 0 Å². The van der Waals surface area contributed by atoms with Crippen molar-refractivity contribution in [1.29, 1.82) is 0 Å². The predicted octanol–water partition coefficient (Wildman–Crippen LogP) is 0.929. The zero-order valence-electron chi connectivity index (χ0n) is 7.02. The minimum absolute atomic E-state index is 0.131. The van der Waals surface area contributed by atoms with Crippen LogP contribution >= 0.6 is 11.6 Å². The number of hydrogen-bond acceptors (Lipinski definition) is 2. The fraction of sp³-hybridized carbons (Fsp3) is 1.00. The second-order valence-electron chi connectivity index (χ2n) is 3.68. The third-order valence-corrected chi connectivity index (χ3v) is 2.59. The van der Waals surface area contributed by atoms with Crippen molar-refractivity contribution in [3.05, 3.63) is 0 Å². The molecular formula is C8H16ClNO. The van der Waals surface area contributed by atoms with E-state index in [-0.39, 0.29) is 5.41 Å². The molecule has 66 valence electrons. The number of aliphatic hydroxyl groups excluding tert-OH is 1. The van der Waals surface area contributed by atoms with Crippen LogP contribution in [0.2, 0.25) is 0 Å². The van der Waals surface area contributed by atoms with Crippen molar-refractivity contribution in [2.75, 3.05) is 32.1 Å². The van der Waals surface area contributed by atoms with Crippen LogP contribution in [0.15, 0.2) is 0 Å². The second kappa shape index (κ2) is 3.74. The predicted molar refractivity (Wildman–Crippen MR) is 47.0 cm³/mol. The van der Waals surface area contributed by atoms with Crippen molar-refractivity contribution < 1.29 is 5.11 Å². The number of alkyl halides is 1. The van der Waals surface area contributed by atoms with Crippen LogP contribution in [0.4, 0.5) is 0 Å². The maximum Gasteiger partial charge on any atom is 0.0497 e. The minimum atomic E-state index is 0.131. The topological polar surface area (TPSA) is 23.5 Å². The third-order valence-electron chi connectivity index (χ3n) is 2.42. The Labute approximate surface area is 73.1 Å². The Balaban J connectivity index is 2.33. The van der Waals surface area contributed by atoms with Gasteiger partial charge in [0.1, 0.15) is 0 Å². The first kappa shape index (κ1) is 9.30. The molecule has 1 rings (SSSR count). The molecule has 1 unspecified atom stereocenters. The minimum Gasteiger partial charge on any atom is -0.396 e. The van der Waals surface area contributed by atoms with E-state index >= 15 is 0 Å². The highest BCUT2D eigenvalue weighted by Gasteiger charge is 2.32. The Kier molecular flexibility index (Phi) is 3.16. The van der Waals surface area contributed by atoms with Crippen molar-refractivity contribution in [2.24, 2.45) is 5.41 Å². The zero-order valence-corrected chi connectivity index (χ0v) is 7.77. The van der Waals surface area contributed by atoms with E-state index in [2.05, 4.69) is 11.8 Å².